The van der Waals surface area contributed by atoms with Crippen LogP contribution in [0.15, 0.2) is 18.2 Å². The Balaban J connectivity index is 2.67. The van der Waals surface area contributed by atoms with Crippen molar-refractivity contribution in [2.45, 2.75) is 72.3 Å². The van der Waals surface area contributed by atoms with Gasteiger partial charge in [-0.05, 0) is 37.0 Å². The van der Waals surface area contributed by atoms with Gasteiger partial charge in [-0.25, -0.2) is 9.97 Å². The second-order valence-corrected chi connectivity index (χ2v) is 8.25. The van der Waals surface area contributed by atoms with E-state index in [1.165, 1.54) is 5.56 Å². The minimum atomic E-state index is -0.108. The minimum Gasteiger partial charge on any atom is -0.474 e. The summed E-state index contributed by atoms with van der Waals surface area (Å²) in [7, 11) is 0. The lowest BCUT2D eigenvalue weighted by Crippen LogP contribution is -2.19. The lowest BCUT2D eigenvalue weighted by Gasteiger charge is -2.23. The SMILES string of the molecule is CC(C)Oc1nc2ccc(C(C)(C)C)cc2nc1C(C)(C)C. The molecule has 0 saturated heterocycles. The Hall–Kier alpha value is -1.64. The van der Waals surface area contributed by atoms with Crippen LogP contribution in [0.25, 0.3) is 11.0 Å². The second-order valence-electron chi connectivity index (χ2n) is 8.25. The van der Waals surface area contributed by atoms with Crippen LogP contribution in [0.5, 0.6) is 5.88 Å². The maximum Gasteiger partial charge on any atom is 0.237 e. The zero-order valence-corrected chi connectivity index (χ0v) is 15.1. The van der Waals surface area contributed by atoms with Crippen LogP contribution in [-0.2, 0) is 10.8 Å². The molecule has 3 nitrogen and oxygen atoms in total. The van der Waals surface area contributed by atoms with E-state index in [4.69, 9.17) is 14.7 Å². The van der Waals surface area contributed by atoms with Gasteiger partial charge in [0.25, 0.3) is 0 Å². The van der Waals surface area contributed by atoms with Crippen molar-refractivity contribution >= 4 is 11.0 Å². The molecule has 2 aromatic rings. The molecule has 2 rings (SSSR count). The lowest BCUT2D eigenvalue weighted by molar-refractivity contribution is 0.225. The smallest absolute Gasteiger partial charge is 0.237 e. The number of benzene rings is 1. The standard InChI is InChI=1S/C19H28N2O/c1-12(2)22-17-16(19(6,7)8)20-15-11-13(18(3,4)5)9-10-14(15)21-17/h9-12H,1-8H3. The van der Waals surface area contributed by atoms with E-state index in [0.717, 1.165) is 16.7 Å². The maximum atomic E-state index is 5.90. The van der Waals surface area contributed by atoms with Crippen LogP contribution in [0.3, 0.4) is 0 Å². The Kier molecular flexibility index (Phi) is 4.20. The summed E-state index contributed by atoms with van der Waals surface area (Å²) in [5, 5.41) is 0. The molecule has 22 heavy (non-hydrogen) atoms. The first-order valence-electron chi connectivity index (χ1n) is 7.98. The molecule has 0 saturated carbocycles. The number of nitrogens with zero attached hydrogens (tertiary/aromatic N) is 2. The average molecular weight is 300 g/mol. The van der Waals surface area contributed by atoms with Crippen molar-refractivity contribution in [2.75, 3.05) is 0 Å². The van der Waals surface area contributed by atoms with Crippen LogP contribution < -0.4 is 4.74 Å². The number of hydrogen-bond donors (Lipinski definition) is 0. The molecule has 0 atom stereocenters. The Morgan fingerprint density at radius 3 is 2.00 bits per heavy atom. The summed E-state index contributed by atoms with van der Waals surface area (Å²) in [6.45, 7) is 17.1. The fraction of sp³-hybridized carbons (Fsp3) is 0.579. The highest BCUT2D eigenvalue weighted by Gasteiger charge is 2.24. The zero-order chi connectivity index (χ0) is 16.7. The summed E-state index contributed by atoms with van der Waals surface area (Å²) in [5.74, 6) is 0.651. The summed E-state index contributed by atoms with van der Waals surface area (Å²) in [4.78, 5) is 9.61. The number of hydrogen-bond acceptors (Lipinski definition) is 3. The largest absolute Gasteiger partial charge is 0.474 e. The van der Waals surface area contributed by atoms with Crippen LogP contribution >= 0.6 is 0 Å². The van der Waals surface area contributed by atoms with Crippen molar-refractivity contribution in [3.63, 3.8) is 0 Å². The van der Waals surface area contributed by atoms with Crippen molar-refractivity contribution in [1.29, 1.82) is 0 Å². The van der Waals surface area contributed by atoms with Gasteiger partial charge in [0.15, 0.2) is 0 Å². The molecule has 0 amide bonds. The third-order valence-electron chi connectivity index (χ3n) is 3.56. The highest BCUT2D eigenvalue weighted by Crippen LogP contribution is 2.32. The molecule has 1 aromatic carbocycles. The Bertz CT molecular complexity index is 676. The monoisotopic (exact) mass is 300 g/mol. The van der Waals surface area contributed by atoms with Gasteiger partial charge in [0, 0.05) is 5.41 Å². The van der Waals surface area contributed by atoms with Crippen LogP contribution in [-0.4, -0.2) is 16.1 Å². The van der Waals surface area contributed by atoms with E-state index >= 15 is 0 Å². The van der Waals surface area contributed by atoms with Crippen LogP contribution in [0, 0.1) is 0 Å². The number of rotatable bonds is 2. The van der Waals surface area contributed by atoms with Gasteiger partial charge in [-0.15, -0.1) is 0 Å². The van der Waals surface area contributed by atoms with Gasteiger partial charge in [0.2, 0.25) is 5.88 Å². The normalized spacial score (nSPS) is 13.0. The summed E-state index contributed by atoms with van der Waals surface area (Å²) in [5.41, 5.74) is 4.00. The summed E-state index contributed by atoms with van der Waals surface area (Å²) in [6.07, 6.45) is 0.0849. The highest BCUT2D eigenvalue weighted by atomic mass is 16.5. The fourth-order valence-corrected chi connectivity index (χ4v) is 2.30. The lowest BCUT2D eigenvalue weighted by atomic mass is 9.86. The maximum absolute atomic E-state index is 5.90. The van der Waals surface area contributed by atoms with Gasteiger partial charge in [-0.1, -0.05) is 47.6 Å². The third-order valence-corrected chi connectivity index (χ3v) is 3.56. The quantitative estimate of drug-likeness (QED) is 0.781. The molecule has 0 fully saturated rings. The van der Waals surface area contributed by atoms with E-state index in [-0.39, 0.29) is 16.9 Å². The molecule has 0 N–H and O–H groups in total. The number of fused-ring (bicyclic) bond motifs is 1. The summed E-state index contributed by atoms with van der Waals surface area (Å²) in [6, 6.07) is 6.33. The first kappa shape index (κ1) is 16.7. The van der Waals surface area contributed by atoms with Gasteiger partial charge in [0.1, 0.15) is 5.69 Å². The molecule has 0 aliphatic heterocycles. The Labute approximate surface area is 134 Å². The molecule has 1 aromatic heterocycles. The summed E-state index contributed by atoms with van der Waals surface area (Å²) >= 11 is 0. The van der Waals surface area contributed by atoms with E-state index in [1.807, 2.05) is 19.9 Å². The van der Waals surface area contributed by atoms with E-state index < -0.39 is 0 Å². The molecule has 3 heteroatoms. The first-order valence-corrected chi connectivity index (χ1v) is 7.98. The molecular weight excluding hydrogens is 272 g/mol. The van der Waals surface area contributed by atoms with E-state index in [1.54, 1.807) is 0 Å². The number of ether oxygens (including phenoxy) is 1. The highest BCUT2D eigenvalue weighted by molar-refractivity contribution is 5.76. The van der Waals surface area contributed by atoms with Gasteiger partial charge in [-0.2, -0.15) is 0 Å². The topological polar surface area (TPSA) is 35.0 Å². The first-order chi connectivity index (χ1) is 9.98. The molecule has 0 bridgehead atoms. The fourth-order valence-electron chi connectivity index (χ4n) is 2.30. The van der Waals surface area contributed by atoms with Crippen molar-refractivity contribution in [3.8, 4) is 5.88 Å². The van der Waals surface area contributed by atoms with Crippen molar-refractivity contribution in [3.05, 3.63) is 29.5 Å². The van der Waals surface area contributed by atoms with E-state index in [2.05, 4.69) is 53.7 Å². The van der Waals surface area contributed by atoms with Crippen LogP contribution in [0.2, 0.25) is 0 Å². The van der Waals surface area contributed by atoms with Gasteiger partial charge >= 0.3 is 0 Å². The predicted molar refractivity (Wildman–Crippen MR) is 92.7 cm³/mol. The van der Waals surface area contributed by atoms with Crippen LogP contribution in [0.1, 0.15) is 66.6 Å². The molecule has 0 radical (unpaired) electrons. The van der Waals surface area contributed by atoms with E-state index in [9.17, 15) is 0 Å². The summed E-state index contributed by atoms with van der Waals surface area (Å²) < 4.78 is 5.90. The number of aromatic nitrogens is 2. The minimum absolute atomic E-state index is 0.0849. The zero-order valence-electron chi connectivity index (χ0n) is 15.1. The molecular formula is C19H28N2O. The Morgan fingerprint density at radius 2 is 1.50 bits per heavy atom. The van der Waals surface area contributed by atoms with Gasteiger partial charge in [0.05, 0.1) is 17.1 Å². The molecule has 0 spiro atoms. The molecule has 1 heterocycles. The average Bonchev–Trinajstić information content (AvgIpc) is 2.34. The predicted octanol–water partition coefficient (Wildman–Crippen LogP) is 5.01. The van der Waals surface area contributed by atoms with Crippen molar-refractivity contribution in [1.82, 2.24) is 9.97 Å². The Morgan fingerprint density at radius 1 is 0.864 bits per heavy atom. The molecule has 0 unspecified atom stereocenters. The van der Waals surface area contributed by atoms with E-state index in [0.29, 0.717) is 5.88 Å². The van der Waals surface area contributed by atoms with Crippen molar-refractivity contribution < 1.29 is 4.74 Å². The molecule has 0 aliphatic carbocycles. The molecule has 120 valence electrons. The van der Waals surface area contributed by atoms with Gasteiger partial charge in [-0.3, -0.25) is 0 Å². The van der Waals surface area contributed by atoms with Crippen molar-refractivity contribution in [2.24, 2.45) is 0 Å². The third kappa shape index (κ3) is 3.57. The van der Waals surface area contributed by atoms with Gasteiger partial charge < -0.3 is 4.74 Å². The van der Waals surface area contributed by atoms with Crippen LogP contribution in [0.4, 0.5) is 0 Å². The second kappa shape index (κ2) is 5.53. The molecule has 0 aliphatic rings.